The molecule has 1 N–H and O–H groups in total. The Morgan fingerprint density at radius 1 is 1.03 bits per heavy atom. The number of rotatable bonds is 6. The Bertz CT molecular complexity index is 1010. The highest BCUT2D eigenvalue weighted by Gasteiger charge is 2.27. The van der Waals surface area contributed by atoms with Crippen LogP contribution in [0.1, 0.15) is 30.4 Å². The summed E-state index contributed by atoms with van der Waals surface area (Å²) in [4.78, 5) is 17.3. The summed E-state index contributed by atoms with van der Waals surface area (Å²) in [5.41, 5.74) is 6.44. The molecule has 0 saturated carbocycles. The summed E-state index contributed by atoms with van der Waals surface area (Å²) in [6.07, 6.45) is 8.61. The monoisotopic (exact) mass is 414 g/mol. The second-order valence-electron chi connectivity index (χ2n) is 8.84. The molecule has 5 rings (SSSR count). The molecule has 0 unspecified atom stereocenters. The molecule has 0 atom stereocenters. The van der Waals surface area contributed by atoms with Crippen molar-refractivity contribution in [1.82, 2.24) is 15.1 Å². The Balaban J connectivity index is 1.12. The highest BCUT2D eigenvalue weighted by Crippen LogP contribution is 2.33. The minimum absolute atomic E-state index is 0.306. The highest BCUT2D eigenvalue weighted by atomic mass is 16.2. The number of hydrogen-bond acceptors (Lipinski definition) is 3. The molecule has 1 aromatic heterocycles. The van der Waals surface area contributed by atoms with Gasteiger partial charge in [0.1, 0.15) is 0 Å². The Morgan fingerprint density at radius 2 is 1.87 bits per heavy atom. The number of piperidine rings is 1. The SMILES string of the molecule is O=C(CCc1ccccc1)N1CCC(CN2CCc3cc(-c4cn[nH]c4)ccc32)CC1. The normalized spacial score (nSPS) is 16.5. The van der Waals surface area contributed by atoms with E-state index in [1.165, 1.54) is 22.4 Å². The average molecular weight is 415 g/mol. The molecule has 31 heavy (non-hydrogen) atoms. The van der Waals surface area contributed by atoms with E-state index in [1.807, 2.05) is 30.6 Å². The van der Waals surface area contributed by atoms with Gasteiger partial charge >= 0.3 is 0 Å². The third-order valence-electron chi connectivity index (χ3n) is 6.82. The maximum absolute atomic E-state index is 12.6. The zero-order chi connectivity index (χ0) is 21.0. The number of H-pyrrole nitrogens is 1. The van der Waals surface area contributed by atoms with Crippen LogP contribution in [0.25, 0.3) is 11.1 Å². The molecule has 2 aliphatic heterocycles. The van der Waals surface area contributed by atoms with E-state index in [-0.39, 0.29) is 0 Å². The number of carbonyl (C=O) groups excluding carboxylic acids is 1. The number of fused-ring (bicyclic) bond motifs is 1. The van der Waals surface area contributed by atoms with Gasteiger partial charge in [-0.3, -0.25) is 9.89 Å². The van der Waals surface area contributed by atoms with Crippen molar-refractivity contribution in [2.45, 2.75) is 32.1 Å². The van der Waals surface area contributed by atoms with Crippen LogP contribution in [0.5, 0.6) is 0 Å². The van der Waals surface area contributed by atoms with E-state index in [1.54, 1.807) is 0 Å². The molecule has 1 amide bonds. The molecule has 1 saturated heterocycles. The number of amides is 1. The van der Waals surface area contributed by atoms with Crippen molar-refractivity contribution in [3.05, 3.63) is 72.1 Å². The first-order valence-electron chi connectivity index (χ1n) is 11.4. The first kappa shape index (κ1) is 19.9. The van der Waals surface area contributed by atoms with Gasteiger partial charge in [0.2, 0.25) is 5.91 Å². The van der Waals surface area contributed by atoms with E-state index in [0.29, 0.717) is 18.2 Å². The van der Waals surface area contributed by atoms with Crippen molar-refractivity contribution in [2.24, 2.45) is 5.92 Å². The van der Waals surface area contributed by atoms with Gasteiger partial charge < -0.3 is 9.80 Å². The van der Waals surface area contributed by atoms with Crippen molar-refractivity contribution >= 4 is 11.6 Å². The van der Waals surface area contributed by atoms with Crippen LogP contribution in [0.2, 0.25) is 0 Å². The number of nitrogens with one attached hydrogen (secondary N) is 1. The molecular weight excluding hydrogens is 384 g/mol. The number of aromatic nitrogens is 2. The number of benzene rings is 2. The molecule has 5 nitrogen and oxygen atoms in total. The van der Waals surface area contributed by atoms with Crippen molar-refractivity contribution in [3.8, 4) is 11.1 Å². The smallest absolute Gasteiger partial charge is 0.222 e. The molecular formula is C26H30N4O. The number of likely N-dealkylation sites (tertiary alicyclic amines) is 1. The van der Waals surface area contributed by atoms with Crippen molar-refractivity contribution in [2.75, 3.05) is 31.1 Å². The zero-order valence-corrected chi connectivity index (χ0v) is 18.0. The number of anilines is 1. The number of aromatic amines is 1. The largest absolute Gasteiger partial charge is 0.371 e. The summed E-state index contributed by atoms with van der Waals surface area (Å²) in [7, 11) is 0. The van der Waals surface area contributed by atoms with Crippen molar-refractivity contribution in [1.29, 1.82) is 0 Å². The first-order chi connectivity index (χ1) is 15.3. The van der Waals surface area contributed by atoms with E-state index in [9.17, 15) is 4.79 Å². The predicted octanol–water partition coefficient (Wildman–Crippen LogP) is 4.31. The van der Waals surface area contributed by atoms with Crippen LogP contribution >= 0.6 is 0 Å². The molecule has 2 aliphatic rings. The summed E-state index contributed by atoms with van der Waals surface area (Å²) in [5, 5.41) is 6.96. The number of carbonyl (C=O) groups is 1. The Morgan fingerprint density at radius 3 is 2.65 bits per heavy atom. The van der Waals surface area contributed by atoms with E-state index in [2.05, 4.69) is 50.3 Å². The molecule has 2 aromatic carbocycles. The summed E-state index contributed by atoms with van der Waals surface area (Å²) in [5.74, 6) is 0.971. The van der Waals surface area contributed by atoms with Gasteiger partial charge in [-0.05, 0) is 60.4 Å². The lowest BCUT2D eigenvalue weighted by Crippen LogP contribution is -2.41. The topological polar surface area (TPSA) is 52.2 Å². The van der Waals surface area contributed by atoms with Crippen LogP contribution in [-0.4, -0.2) is 47.2 Å². The second kappa shape index (κ2) is 8.96. The van der Waals surface area contributed by atoms with Crippen LogP contribution in [0, 0.1) is 5.92 Å². The summed E-state index contributed by atoms with van der Waals surface area (Å²) in [6.45, 7) is 4.00. The summed E-state index contributed by atoms with van der Waals surface area (Å²) < 4.78 is 0. The van der Waals surface area contributed by atoms with Crippen LogP contribution < -0.4 is 4.90 Å². The Hall–Kier alpha value is -3.08. The number of aryl methyl sites for hydroxylation is 1. The maximum Gasteiger partial charge on any atom is 0.222 e. The Kier molecular flexibility index (Phi) is 5.74. The molecule has 0 aliphatic carbocycles. The van der Waals surface area contributed by atoms with Crippen molar-refractivity contribution < 1.29 is 4.79 Å². The predicted molar refractivity (Wildman–Crippen MR) is 124 cm³/mol. The third kappa shape index (κ3) is 4.50. The van der Waals surface area contributed by atoms with Gasteiger partial charge in [0.05, 0.1) is 6.20 Å². The minimum atomic E-state index is 0.306. The van der Waals surface area contributed by atoms with Gasteiger partial charge in [0.15, 0.2) is 0 Å². The molecule has 160 valence electrons. The lowest BCUT2D eigenvalue weighted by atomic mass is 9.95. The van der Waals surface area contributed by atoms with E-state index >= 15 is 0 Å². The molecule has 3 heterocycles. The van der Waals surface area contributed by atoms with Gasteiger partial charge in [-0.2, -0.15) is 5.10 Å². The number of hydrogen-bond donors (Lipinski definition) is 1. The average Bonchev–Trinajstić information content (AvgIpc) is 3.49. The van der Waals surface area contributed by atoms with E-state index in [4.69, 9.17) is 0 Å². The molecule has 0 spiro atoms. The van der Waals surface area contributed by atoms with Gasteiger partial charge in [-0.1, -0.05) is 36.4 Å². The fraction of sp³-hybridized carbons (Fsp3) is 0.385. The second-order valence-corrected chi connectivity index (χ2v) is 8.84. The molecule has 1 fully saturated rings. The quantitative estimate of drug-likeness (QED) is 0.654. The molecule has 3 aromatic rings. The fourth-order valence-electron chi connectivity index (χ4n) is 4.98. The fourth-order valence-corrected chi connectivity index (χ4v) is 4.98. The minimum Gasteiger partial charge on any atom is -0.371 e. The van der Waals surface area contributed by atoms with Crippen LogP contribution in [0.4, 0.5) is 5.69 Å². The maximum atomic E-state index is 12.6. The Labute approximate surface area is 184 Å². The van der Waals surface area contributed by atoms with Gasteiger partial charge in [0, 0.05) is 50.0 Å². The zero-order valence-electron chi connectivity index (χ0n) is 18.0. The van der Waals surface area contributed by atoms with Crippen LogP contribution in [0.15, 0.2) is 60.9 Å². The lowest BCUT2D eigenvalue weighted by Gasteiger charge is -2.34. The summed E-state index contributed by atoms with van der Waals surface area (Å²) >= 11 is 0. The van der Waals surface area contributed by atoms with E-state index < -0.39 is 0 Å². The van der Waals surface area contributed by atoms with Gasteiger partial charge in [-0.25, -0.2) is 0 Å². The lowest BCUT2D eigenvalue weighted by molar-refractivity contribution is -0.132. The third-order valence-corrected chi connectivity index (χ3v) is 6.82. The van der Waals surface area contributed by atoms with E-state index in [0.717, 1.165) is 57.4 Å². The number of nitrogens with zero attached hydrogens (tertiary/aromatic N) is 3. The standard InChI is InChI=1S/C26H30N4O/c31-26(9-6-20-4-2-1-3-5-20)29-13-10-21(11-14-29)19-30-15-12-23-16-22(7-8-25(23)30)24-17-27-28-18-24/h1-5,7-8,16-18,21H,6,9-15,19H2,(H,27,28). The summed E-state index contributed by atoms with van der Waals surface area (Å²) in [6, 6.07) is 17.1. The first-order valence-corrected chi connectivity index (χ1v) is 11.4. The van der Waals surface area contributed by atoms with Crippen molar-refractivity contribution in [3.63, 3.8) is 0 Å². The molecule has 0 bridgehead atoms. The van der Waals surface area contributed by atoms with Crippen LogP contribution in [-0.2, 0) is 17.6 Å². The molecule has 0 radical (unpaired) electrons. The van der Waals surface area contributed by atoms with Gasteiger partial charge in [0.25, 0.3) is 0 Å². The molecule has 5 heteroatoms. The van der Waals surface area contributed by atoms with Crippen LogP contribution in [0.3, 0.4) is 0 Å². The highest BCUT2D eigenvalue weighted by molar-refractivity contribution is 5.76. The van der Waals surface area contributed by atoms with Gasteiger partial charge in [-0.15, -0.1) is 0 Å².